The molecule has 1 nitrogen and oxygen atoms in total. The van der Waals surface area contributed by atoms with Gasteiger partial charge in [-0.05, 0) is 63.6 Å². The Balaban J connectivity index is 0.00000484. The molecule has 0 fully saturated rings. The van der Waals surface area contributed by atoms with E-state index in [4.69, 9.17) is 0 Å². The minimum absolute atomic E-state index is 0. The molecule has 2 heteroatoms. The van der Waals surface area contributed by atoms with Crippen molar-refractivity contribution >= 4 is 0 Å². The molecule has 0 aromatic rings. The van der Waals surface area contributed by atoms with Crippen molar-refractivity contribution in [3.05, 3.63) is 11.8 Å². The van der Waals surface area contributed by atoms with E-state index >= 15 is 0 Å². The summed E-state index contributed by atoms with van der Waals surface area (Å²) in [6, 6.07) is 0. The van der Waals surface area contributed by atoms with E-state index in [2.05, 4.69) is 66.5 Å². The third-order valence-electron chi connectivity index (χ3n) is 7.59. The van der Waals surface area contributed by atoms with Gasteiger partial charge in [-0.15, -0.1) is 0 Å². The molecule has 1 rings (SSSR count). The summed E-state index contributed by atoms with van der Waals surface area (Å²) in [6.07, 6.45) is 11.4. The van der Waals surface area contributed by atoms with E-state index in [9.17, 15) is 0 Å². The predicted molar refractivity (Wildman–Crippen MR) is 100 cm³/mol. The summed E-state index contributed by atoms with van der Waals surface area (Å²) in [6.45, 7) is 20.5. The average Bonchev–Trinajstić information content (AvgIpc) is 2.58. The molecular formula is C21H41NPt. The molecule has 0 aromatic carbocycles. The van der Waals surface area contributed by atoms with Crippen molar-refractivity contribution in [2.24, 2.45) is 10.8 Å². The summed E-state index contributed by atoms with van der Waals surface area (Å²) >= 11 is 0. The first-order chi connectivity index (χ1) is 10.5. The van der Waals surface area contributed by atoms with Gasteiger partial charge in [-0.25, -0.2) is 0 Å². The SMILES string of the molecule is CCC1=CN(CC)C(CC)(CC)C(CC)(CC)C1(CC)CC.[Pt]. The quantitative estimate of drug-likeness (QED) is 0.353. The number of rotatable bonds is 8. The Labute approximate surface area is 160 Å². The Morgan fingerprint density at radius 1 is 0.739 bits per heavy atom. The van der Waals surface area contributed by atoms with Gasteiger partial charge in [0.15, 0.2) is 0 Å². The molecule has 0 amide bonds. The van der Waals surface area contributed by atoms with E-state index in [0.29, 0.717) is 16.4 Å². The molecule has 0 atom stereocenters. The maximum Gasteiger partial charge on any atom is 0.0455 e. The minimum atomic E-state index is 0. The van der Waals surface area contributed by atoms with Gasteiger partial charge in [-0.2, -0.15) is 0 Å². The Morgan fingerprint density at radius 3 is 1.48 bits per heavy atom. The second-order valence-corrected chi connectivity index (χ2v) is 7.11. The summed E-state index contributed by atoms with van der Waals surface area (Å²) in [5.74, 6) is 0. The zero-order valence-electron chi connectivity index (χ0n) is 17.0. The van der Waals surface area contributed by atoms with Gasteiger partial charge >= 0.3 is 0 Å². The molecule has 0 aromatic heterocycles. The van der Waals surface area contributed by atoms with Gasteiger partial charge in [0, 0.05) is 44.0 Å². The zero-order chi connectivity index (χ0) is 17.0. The summed E-state index contributed by atoms with van der Waals surface area (Å²) in [7, 11) is 0. The van der Waals surface area contributed by atoms with Crippen LogP contribution in [0.1, 0.15) is 100 Å². The second kappa shape index (κ2) is 9.07. The first-order valence-electron chi connectivity index (χ1n) is 9.97. The standard InChI is InChI=1S/C21H41N.Pt/c1-9-18-17-22(16-8)21(14-6,15-7)20(12-4,13-5)19(18,10-2)11-3;/h17H,9-16H2,1-8H3;. The van der Waals surface area contributed by atoms with E-state index in [0.717, 1.165) is 6.54 Å². The molecule has 0 spiro atoms. The van der Waals surface area contributed by atoms with Crippen LogP contribution in [0.3, 0.4) is 0 Å². The van der Waals surface area contributed by atoms with Crippen molar-refractivity contribution < 1.29 is 21.1 Å². The zero-order valence-corrected chi connectivity index (χ0v) is 19.3. The fourth-order valence-electron chi connectivity index (χ4n) is 6.59. The second-order valence-electron chi connectivity index (χ2n) is 7.11. The van der Waals surface area contributed by atoms with Gasteiger partial charge in [0.05, 0.1) is 0 Å². The maximum absolute atomic E-state index is 2.72. The van der Waals surface area contributed by atoms with Crippen molar-refractivity contribution in [3.8, 4) is 0 Å². The molecular weight excluding hydrogens is 461 g/mol. The van der Waals surface area contributed by atoms with Crippen molar-refractivity contribution in [1.82, 2.24) is 4.90 Å². The van der Waals surface area contributed by atoms with Crippen LogP contribution in [0.25, 0.3) is 0 Å². The third kappa shape index (κ3) is 2.88. The predicted octanol–water partition coefficient (Wildman–Crippen LogP) is 6.78. The van der Waals surface area contributed by atoms with E-state index < -0.39 is 0 Å². The molecule has 0 N–H and O–H groups in total. The summed E-state index contributed by atoms with van der Waals surface area (Å²) in [5.41, 5.74) is 2.79. The Morgan fingerprint density at radius 2 is 1.22 bits per heavy atom. The summed E-state index contributed by atoms with van der Waals surface area (Å²) in [4.78, 5) is 2.72. The maximum atomic E-state index is 2.72. The van der Waals surface area contributed by atoms with Crippen LogP contribution in [0.2, 0.25) is 0 Å². The number of hydrogen-bond acceptors (Lipinski definition) is 1. The van der Waals surface area contributed by atoms with Crippen LogP contribution in [-0.2, 0) is 21.1 Å². The first kappa shape index (κ1) is 23.2. The molecule has 23 heavy (non-hydrogen) atoms. The normalized spacial score (nSPS) is 21.6. The smallest absolute Gasteiger partial charge is 0.0455 e. The van der Waals surface area contributed by atoms with E-state index in [1.807, 2.05) is 0 Å². The molecule has 1 aliphatic rings. The molecule has 0 saturated carbocycles. The van der Waals surface area contributed by atoms with Crippen molar-refractivity contribution in [1.29, 1.82) is 0 Å². The van der Waals surface area contributed by atoms with Gasteiger partial charge < -0.3 is 4.90 Å². The van der Waals surface area contributed by atoms with Gasteiger partial charge in [0.2, 0.25) is 0 Å². The van der Waals surface area contributed by atoms with Crippen LogP contribution < -0.4 is 0 Å². The van der Waals surface area contributed by atoms with Gasteiger partial charge in [0.25, 0.3) is 0 Å². The molecule has 0 aliphatic carbocycles. The first-order valence-corrected chi connectivity index (χ1v) is 9.97. The Kier molecular flexibility index (Phi) is 9.16. The van der Waals surface area contributed by atoms with Crippen LogP contribution >= 0.6 is 0 Å². The van der Waals surface area contributed by atoms with Crippen LogP contribution in [0.4, 0.5) is 0 Å². The number of allylic oxidation sites excluding steroid dienone is 1. The molecule has 1 heterocycles. The fourth-order valence-corrected chi connectivity index (χ4v) is 6.59. The summed E-state index contributed by atoms with van der Waals surface area (Å²) < 4.78 is 0. The van der Waals surface area contributed by atoms with E-state index in [1.54, 1.807) is 5.57 Å². The van der Waals surface area contributed by atoms with Crippen LogP contribution in [0.15, 0.2) is 11.8 Å². The van der Waals surface area contributed by atoms with Gasteiger partial charge in [-0.3, -0.25) is 0 Å². The van der Waals surface area contributed by atoms with Crippen molar-refractivity contribution in [2.75, 3.05) is 6.54 Å². The largest absolute Gasteiger partial charge is 0.371 e. The monoisotopic (exact) mass is 502 g/mol. The number of hydrogen-bond donors (Lipinski definition) is 0. The third-order valence-corrected chi connectivity index (χ3v) is 7.59. The molecule has 140 valence electrons. The summed E-state index contributed by atoms with van der Waals surface area (Å²) in [5, 5.41) is 0. The van der Waals surface area contributed by atoms with Crippen molar-refractivity contribution in [3.63, 3.8) is 0 Å². The van der Waals surface area contributed by atoms with E-state index in [-0.39, 0.29) is 21.1 Å². The van der Waals surface area contributed by atoms with E-state index in [1.165, 1.54) is 44.9 Å². The van der Waals surface area contributed by atoms with Crippen LogP contribution in [-0.4, -0.2) is 17.0 Å². The van der Waals surface area contributed by atoms with Gasteiger partial charge in [0.1, 0.15) is 0 Å². The molecule has 0 saturated heterocycles. The molecule has 0 radical (unpaired) electrons. The topological polar surface area (TPSA) is 3.24 Å². The minimum Gasteiger partial charge on any atom is -0.371 e. The van der Waals surface area contributed by atoms with Crippen LogP contribution in [0.5, 0.6) is 0 Å². The Bertz CT molecular complexity index is 373. The van der Waals surface area contributed by atoms with Gasteiger partial charge in [-0.1, -0.05) is 48.5 Å². The molecule has 1 aliphatic heterocycles. The van der Waals surface area contributed by atoms with Crippen LogP contribution in [0, 0.1) is 10.8 Å². The average molecular weight is 503 g/mol. The van der Waals surface area contributed by atoms with Crippen molar-refractivity contribution in [2.45, 2.75) is 106 Å². The Hall–Kier alpha value is 0.228. The fraction of sp³-hybridized carbons (Fsp3) is 0.905. The molecule has 0 bridgehead atoms. The molecule has 0 unspecified atom stereocenters. The number of nitrogens with zero attached hydrogens (tertiary/aromatic N) is 1.